The van der Waals surface area contributed by atoms with E-state index in [0.29, 0.717) is 6.10 Å². The first-order valence-corrected chi connectivity index (χ1v) is 9.32. The third-order valence-electron chi connectivity index (χ3n) is 4.09. The van der Waals surface area contributed by atoms with E-state index in [1.807, 2.05) is 0 Å². The van der Waals surface area contributed by atoms with E-state index in [4.69, 9.17) is 19.3 Å². The zero-order chi connectivity index (χ0) is 17.8. The van der Waals surface area contributed by atoms with Crippen LogP contribution in [0.15, 0.2) is 0 Å². The Morgan fingerprint density at radius 2 is 1.68 bits per heavy atom. The number of nitrogens with zero attached hydrogens (tertiary/aromatic N) is 2. The summed E-state index contributed by atoms with van der Waals surface area (Å²) < 4.78 is 16.3. The molecule has 2 heterocycles. The summed E-state index contributed by atoms with van der Waals surface area (Å²) in [7, 11) is 0. The van der Waals surface area contributed by atoms with Crippen molar-refractivity contribution in [1.82, 2.24) is 9.80 Å². The molecule has 2 rings (SSSR count). The fraction of sp³-hybridized carbons (Fsp3) is 1.00. The van der Waals surface area contributed by atoms with Crippen LogP contribution in [0.4, 0.5) is 0 Å². The Labute approximate surface area is 179 Å². The molecule has 6 nitrogen and oxygen atoms in total. The van der Waals surface area contributed by atoms with Crippen LogP contribution in [0.25, 0.3) is 0 Å². The zero-order valence-corrected chi connectivity index (χ0v) is 19.5. The monoisotopic (exact) mass is 435 g/mol. The number of β-amino-alcohol motifs (C(OH)–C–C–N with tert-alkyl or cyclic N) is 1. The molecule has 25 heavy (non-hydrogen) atoms. The third-order valence-corrected chi connectivity index (χ3v) is 4.09. The van der Waals surface area contributed by atoms with E-state index in [0.717, 1.165) is 72.1 Å². The normalized spacial score (nSPS) is 21.4. The molecule has 0 aliphatic carbocycles. The molecule has 0 aromatic carbocycles. The maximum absolute atomic E-state index is 8.54. The second-order valence-electron chi connectivity index (χ2n) is 7.34. The number of aliphatic hydroxyl groups is 1. The second kappa shape index (κ2) is 14.9. The van der Waals surface area contributed by atoms with Gasteiger partial charge < -0.3 is 19.3 Å². The summed E-state index contributed by atoms with van der Waals surface area (Å²) in [6.07, 6.45) is 1.47. The number of rotatable bonds is 7. The van der Waals surface area contributed by atoms with Gasteiger partial charge in [-0.3, -0.25) is 9.80 Å². The standard InChI is InChI=1S/C12H25NO2.C6H13NO2.Y/c1-11(2)14-8-5-6-13-7-9-15-12(3,4)10-13;8-4-1-7-2-5-9-6-3-7;/h11H,5-10H2,1-4H3;8H,1-6H2;. The molecule has 0 aromatic rings. The Morgan fingerprint density at radius 1 is 1.04 bits per heavy atom. The van der Waals surface area contributed by atoms with Crippen molar-refractivity contribution in [2.75, 3.05) is 72.3 Å². The summed E-state index contributed by atoms with van der Waals surface area (Å²) in [6.45, 7) is 18.1. The van der Waals surface area contributed by atoms with E-state index in [9.17, 15) is 0 Å². The average molecular weight is 435 g/mol. The quantitative estimate of drug-likeness (QED) is 0.607. The SMILES string of the molecule is CC(C)OCCCN1CCOC(C)(C)C1.OCCN1CCOCC1.[Y]. The van der Waals surface area contributed by atoms with Gasteiger partial charge in [0.1, 0.15) is 0 Å². The zero-order valence-electron chi connectivity index (χ0n) is 16.7. The van der Waals surface area contributed by atoms with Gasteiger partial charge in [0.25, 0.3) is 0 Å². The van der Waals surface area contributed by atoms with Crippen molar-refractivity contribution in [3.8, 4) is 0 Å². The van der Waals surface area contributed by atoms with Crippen LogP contribution in [-0.4, -0.2) is 98.9 Å². The first-order valence-electron chi connectivity index (χ1n) is 9.32. The van der Waals surface area contributed by atoms with E-state index in [2.05, 4.69) is 37.5 Å². The van der Waals surface area contributed by atoms with Gasteiger partial charge in [-0.25, -0.2) is 0 Å². The largest absolute Gasteiger partial charge is 0.395 e. The van der Waals surface area contributed by atoms with Crippen molar-refractivity contribution in [2.24, 2.45) is 0 Å². The third kappa shape index (κ3) is 13.6. The molecule has 0 spiro atoms. The fourth-order valence-corrected chi connectivity index (χ4v) is 2.88. The van der Waals surface area contributed by atoms with Gasteiger partial charge in [0.05, 0.1) is 38.1 Å². The van der Waals surface area contributed by atoms with Gasteiger partial charge in [0, 0.05) is 78.6 Å². The van der Waals surface area contributed by atoms with Gasteiger partial charge in [0.2, 0.25) is 0 Å². The Balaban J connectivity index is 0.000000495. The molecule has 2 aliphatic heterocycles. The van der Waals surface area contributed by atoms with Gasteiger partial charge >= 0.3 is 0 Å². The molecule has 0 saturated carbocycles. The van der Waals surface area contributed by atoms with Gasteiger partial charge in [-0.1, -0.05) is 0 Å². The maximum Gasteiger partial charge on any atom is 0.0753 e. The molecule has 1 radical (unpaired) electrons. The van der Waals surface area contributed by atoms with Crippen LogP contribution in [0, 0.1) is 0 Å². The van der Waals surface area contributed by atoms with Crippen molar-refractivity contribution in [1.29, 1.82) is 0 Å². The van der Waals surface area contributed by atoms with Gasteiger partial charge in [-0.15, -0.1) is 0 Å². The molecule has 2 aliphatic rings. The summed E-state index contributed by atoms with van der Waals surface area (Å²) >= 11 is 0. The molecule has 2 fully saturated rings. The Bertz CT molecular complexity index is 311. The van der Waals surface area contributed by atoms with E-state index >= 15 is 0 Å². The van der Waals surface area contributed by atoms with Crippen LogP contribution in [0.2, 0.25) is 0 Å². The van der Waals surface area contributed by atoms with Gasteiger partial charge in [-0.2, -0.15) is 0 Å². The van der Waals surface area contributed by atoms with Crippen molar-refractivity contribution in [3.63, 3.8) is 0 Å². The molecule has 0 atom stereocenters. The predicted octanol–water partition coefficient (Wildman–Crippen LogP) is 1.22. The summed E-state index contributed by atoms with van der Waals surface area (Å²) in [5.74, 6) is 0. The molecule has 0 unspecified atom stereocenters. The van der Waals surface area contributed by atoms with E-state index in [-0.39, 0.29) is 44.9 Å². The number of hydrogen-bond acceptors (Lipinski definition) is 6. The van der Waals surface area contributed by atoms with Crippen LogP contribution < -0.4 is 0 Å². The van der Waals surface area contributed by atoms with Crippen molar-refractivity contribution < 1.29 is 52.0 Å². The molecule has 1 N–H and O–H groups in total. The maximum atomic E-state index is 8.54. The average Bonchev–Trinajstić information content (AvgIpc) is 2.53. The second-order valence-corrected chi connectivity index (χ2v) is 7.34. The van der Waals surface area contributed by atoms with Crippen LogP contribution in [0.3, 0.4) is 0 Å². The van der Waals surface area contributed by atoms with E-state index < -0.39 is 0 Å². The van der Waals surface area contributed by atoms with E-state index in [1.165, 1.54) is 0 Å². The summed E-state index contributed by atoms with van der Waals surface area (Å²) in [4.78, 5) is 4.66. The van der Waals surface area contributed by atoms with Gasteiger partial charge in [0.15, 0.2) is 0 Å². The minimum Gasteiger partial charge on any atom is -0.395 e. The Kier molecular flexibility index (Phi) is 15.4. The number of ether oxygens (including phenoxy) is 3. The van der Waals surface area contributed by atoms with Crippen LogP contribution in [0.5, 0.6) is 0 Å². The molecule has 0 aromatic heterocycles. The minimum absolute atomic E-state index is 0. The smallest absolute Gasteiger partial charge is 0.0753 e. The number of morpholine rings is 2. The number of hydrogen-bond donors (Lipinski definition) is 1. The molecule has 0 amide bonds. The molecule has 147 valence electrons. The van der Waals surface area contributed by atoms with Crippen molar-refractivity contribution >= 4 is 0 Å². The number of aliphatic hydroxyl groups excluding tert-OH is 1. The Hall–Kier alpha value is 0.864. The van der Waals surface area contributed by atoms with Crippen molar-refractivity contribution in [3.05, 3.63) is 0 Å². The van der Waals surface area contributed by atoms with Crippen LogP contribution in [0.1, 0.15) is 34.1 Å². The van der Waals surface area contributed by atoms with Crippen molar-refractivity contribution in [2.45, 2.75) is 45.8 Å². The topological polar surface area (TPSA) is 54.4 Å². The minimum atomic E-state index is 0. The summed E-state index contributed by atoms with van der Waals surface area (Å²) in [5.41, 5.74) is 0.0250. The predicted molar refractivity (Wildman–Crippen MR) is 96.5 cm³/mol. The molecule has 0 bridgehead atoms. The summed E-state index contributed by atoms with van der Waals surface area (Å²) in [6, 6.07) is 0. The first-order chi connectivity index (χ1) is 11.4. The fourth-order valence-electron chi connectivity index (χ4n) is 2.88. The Morgan fingerprint density at radius 3 is 2.24 bits per heavy atom. The van der Waals surface area contributed by atoms with Crippen LogP contribution in [-0.2, 0) is 46.9 Å². The molecule has 7 heteroatoms. The summed E-state index contributed by atoms with van der Waals surface area (Å²) in [5, 5.41) is 8.54. The van der Waals surface area contributed by atoms with E-state index in [1.54, 1.807) is 0 Å². The van der Waals surface area contributed by atoms with Gasteiger partial charge in [-0.05, 0) is 34.1 Å². The van der Waals surface area contributed by atoms with Crippen LogP contribution >= 0.6 is 0 Å². The molecule has 2 saturated heterocycles. The molecular formula is C18H38N2O4Y. The molecular weight excluding hydrogens is 397 g/mol. The first kappa shape index (κ1) is 25.9.